The molecule has 1 aromatic carbocycles. The molecule has 0 aromatic heterocycles. The van der Waals surface area contributed by atoms with E-state index >= 15 is 0 Å². The standard InChI is InChI=1S/C18H26N2O2/c1-14(2)16(21)20-11-9-18(3,10-12-20)17(22)19-13-15-7-5-4-6-8-15/h4-8,14H,9-13H2,1-3H3,(H,19,22). The largest absolute Gasteiger partial charge is 0.352 e. The molecule has 1 heterocycles. The third-order valence-corrected chi connectivity index (χ3v) is 4.52. The van der Waals surface area contributed by atoms with Gasteiger partial charge in [-0.05, 0) is 18.4 Å². The zero-order chi connectivity index (χ0) is 16.2. The van der Waals surface area contributed by atoms with Gasteiger partial charge in [0.15, 0.2) is 0 Å². The lowest BCUT2D eigenvalue weighted by atomic mass is 9.79. The number of hydrogen-bond acceptors (Lipinski definition) is 2. The van der Waals surface area contributed by atoms with Crippen LogP contribution in [0.15, 0.2) is 30.3 Å². The molecule has 0 bridgehead atoms. The second kappa shape index (κ2) is 6.95. The van der Waals surface area contributed by atoms with E-state index < -0.39 is 0 Å². The van der Waals surface area contributed by atoms with Crippen molar-refractivity contribution < 1.29 is 9.59 Å². The highest BCUT2D eigenvalue weighted by atomic mass is 16.2. The van der Waals surface area contributed by atoms with Crippen LogP contribution in [0.4, 0.5) is 0 Å². The van der Waals surface area contributed by atoms with Crippen LogP contribution in [0.5, 0.6) is 0 Å². The van der Waals surface area contributed by atoms with Gasteiger partial charge in [-0.25, -0.2) is 0 Å². The molecule has 1 aliphatic rings. The highest BCUT2D eigenvalue weighted by Crippen LogP contribution is 2.31. The molecule has 1 aromatic rings. The SMILES string of the molecule is CC(C)C(=O)N1CCC(C)(C(=O)NCc2ccccc2)CC1. The van der Waals surface area contributed by atoms with Gasteiger partial charge < -0.3 is 10.2 Å². The normalized spacial score (nSPS) is 17.4. The second-order valence-electron chi connectivity index (χ2n) is 6.71. The number of nitrogens with one attached hydrogen (secondary N) is 1. The van der Waals surface area contributed by atoms with Crippen molar-refractivity contribution >= 4 is 11.8 Å². The maximum atomic E-state index is 12.5. The second-order valence-corrected chi connectivity index (χ2v) is 6.71. The maximum Gasteiger partial charge on any atom is 0.226 e. The van der Waals surface area contributed by atoms with Gasteiger partial charge in [0.2, 0.25) is 11.8 Å². The average molecular weight is 302 g/mol. The van der Waals surface area contributed by atoms with Crippen LogP contribution in [0.1, 0.15) is 39.2 Å². The summed E-state index contributed by atoms with van der Waals surface area (Å²) in [5.41, 5.74) is 0.731. The van der Waals surface area contributed by atoms with Crippen LogP contribution in [0.2, 0.25) is 0 Å². The predicted molar refractivity (Wildman–Crippen MR) is 87.0 cm³/mol. The lowest BCUT2D eigenvalue weighted by Crippen LogP contribution is -2.49. The zero-order valence-electron chi connectivity index (χ0n) is 13.8. The Bertz CT molecular complexity index is 517. The number of nitrogens with zero attached hydrogens (tertiary/aromatic N) is 1. The fraction of sp³-hybridized carbons (Fsp3) is 0.556. The van der Waals surface area contributed by atoms with Crippen molar-refractivity contribution in [2.75, 3.05) is 13.1 Å². The summed E-state index contributed by atoms with van der Waals surface area (Å²) >= 11 is 0. The van der Waals surface area contributed by atoms with E-state index in [0.717, 1.165) is 18.4 Å². The Morgan fingerprint density at radius 1 is 1.18 bits per heavy atom. The molecule has 4 nitrogen and oxygen atoms in total. The molecular formula is C18H26N2O2. The van der Waals surface area contributed by atoms with E-state index in [1.165, 1.54) is 0 Å². The van der Waals surface area contributed by atoms with Crippen LogP contribution in [0.25, 0.3) is 0 Å². The Morgan fingerprint density at radius 2 is 1.77 bits per heavy atom. The molecule has 22 heavy (non-hydrogen) atoms. The first kappa shape index (κ1) is 16.5. The number of piperidine rings is 1. The van der Waals surface area contributed by atoms with Crippen molar-refractivity contribution in [3.05, 3.63) is 35.9 Å². The first-order chi connectivity index (χ1) is 10.4. The topological polar surface area (TPSA) is 49.4 Å². The Balaban J connectivity index is 1.87. The van der Waals surface area contributed by atoms with E-state index in [9.17, 15) is 9.59 Å². The van der Waals surface area contributed by atoms with E-state index in [2.05, 4.69) is 5.32 Å². The third-order valence-electron chi connectivity index (χ3n) is 4.52. The van der Waals surface area contributed by atoms with Gasteiger partial charge in [0.05, 0.1) is 0 Å². The Morgan fingerprint density at radius 3 is 2.32 bits per heavy atom. The minimum atomic E-state index is -0.372. The maximum absolute atomic E-state index is 12.5. The zero-order valence-corrected chi connectivity index (χ0v) is 13.8. The fourth-order valence-electron chi connectivity index (χ4n) is 2.80. The molecule has 1 N–H and O–H groups in total. The van der Waals surface area contributed by atoms with Crippen molar-refractivity contribution in [3.63, 3.8) is 0 Å². The summed E-state index contributed by atoms with van der Waals surface area (Å²) in [7, 11) is 0. The number of rotatable bonds is 4. The van der Waals surface area contributed by atoms with Crippen molar-refractivity contribution in [3.8, 4) is 0 Å². The minimum Gasteiger partial charge on any atom is -0.352 e. The van der Waals surface area contributed by atoms with Crippen LogP contribution in [-0.4, -0.2) is 29.8 Å². The van der Waals surface area contributed by atoms with Gasteiger partial charge in [0.25, 0.3) is 0 Å². The van der Waals surface area contributed by atoms with Crippen LogP contribution in [0, 0.1) is 11.3 Å². The molecule has 0 unspecified atom stereocenters. The molecule has 0 saturated carbocycles. The number of amides is 2. The summed E-state index contributed by atoms with van der Waals surface area (Å²) in [6, 6.07) is 9.92. The van der Waals surface area contributed by atoms with Crippen molar-refractivity contribution in [1.29, 1.82) is 0 Å². The lowest BCUT2D eigenvalue weighted by molar-refractivity contribution is -0.141. The van der Waals surface area contributed by atoms with Gasteiger partial charge in [-0.3, -0.25) is 9.59 Å². The van der Waals surface area contributed by atoms with E-state index in [0.29, 0.717) is 19.6 Å². The Kier molecular flexibility index (Phi) is 5.22. The number of carbonyl (C=O) groups excluding carboxylic acids is 2. The average Bonchev–Trinajstić information content (AvgIpc) is 2.53. The Hall–Kier alpha value is -1.84. The van der Waals surface area contributed by atoms with E-state index in [1.54, 1.807) is 0 Å². The lowest BCUT2D eigenvalue weighted by Gasteiger charge is -2.38. The van der Waals surface area contributed by atoms with Crippen LogP contribution >= 0.6 is 0 Å². The van der Waals surface area contributed by atoms with Gasteiger partial charge in [0.1, 0.15) is 0 Å². The number of carbonyl (C=O) groups is 2. The summed E-state index contributed by atoms with van der Waals surface area (Å²) in [6.07, 6.45) is 1.46. The quantitative estimate of drug-likeness (QED) is 0.929. The predicted octanol–water partition coefficient (Wildman–Crippen LogP) is 2.59. The summed E-state index contributed by atoms with van der Waals surface area (Å²) in [5.74, 6) is 0.302. The van der Waals surface area contributed by atoms with Gasteiger partial charge in [-0.15, -0.1) is 0 Å². The van der Waals surface area contributed by atoms with Gasteiger partial charge in [0, 0.05) is 31.0 Å². The third kappa shape index (κ3) is 3.87. The van der Waals surface area contributed by atoms with Gasteiger partial charge in [-0.2, -0.15) is 0 Å². The molecule has 0 aliphatic carbocycles. The van der Waals surface area contributed by atoms with E-state index in [1.807, 2.05) is 56.0 Å². The highest BCUT2D eigenvalue weighted by molar-refractivity contribution is 5.83. The minimum absolute atomic E-state index is 0.0243. The molecule has 0 radical (unpaired) electrons. The number of benzene rings is 1. The van der Waals surface area contributed by atoms with Crippen LogP contribution in [-0.2, 0) is 16.1 Å². The number of hydrogen-bond donors (Lipinski definition) is 1. The first-order valence-corrected chi connectivity index (χ1v) is 8.03. The van der Waals surface area contributed by atoms with E-state index in [-0.39, 0.29) is 23.1 Å². The molecular weight excluding hydrogens is 276 g/mol. The van der Waals surface area contributed by atoms with Crippen LogP contribution < -0.4 is 5.32 Å². The molecule has 2 amide bonds. The monoisotopic (exact) mass is 302 g/mol. The highest BCUT2D eigenvalue weighted by Gasteiger charge is 2.38. The van der Waals surface area contributed by atoms with Crippen molar-refractivity contribution in [1.82, 2.24) is 10.2 Å². The smallest absolute Gasteiger partial charge is 0.226 e. The summed E-state index contributed by atoms with van der Waals surface area (Å²) in [5, 5.41) is 3.03. The summed E-state index contributed by atoms with van der Waals surface area (Å²) < 4.78 is 0. The number of likely N-dealkylation sites (tertiary alicyclic amines) is 1. The molecule has 4 heteroatoms. The molecule has 0 spiro atoms. The molecule has 1 saturated heterocycles. The molecule has 2 rings (SSSR count). The first-order valence-electron chi connectivity index (χ1n) is 8.03. The Labute approximate surface area is 132 Å². The molecule has 1 aliphatic heterocycles. The molecule has 0 atom stereocenters. The summed E-state index contributed by atoms with van der Waals surface area (Å²) in [6.45, 7) is 7.75. The van der Waals surface area contributed by atoms with Crippen molar-refractivity contribution in [2.45, 2.75) is 40.2 Å². The van der Waals surface area contributed by atoms with Crippen molar-refractivity contribution in [2.24, 2.45) is 11.3 Å². The van der Waals surface area contributed by atoms with Gasteiger partial charge in [-0.1, -0.05) is 51.1 Å². The van der Waals surface area contributed by atoms with E-state index in [4.69, 9.17) is 0 Å². The summed E-state index contributed by atoms with van der Waals surface area (Å²) in [4.78, 5) is 26.4. The fourth-order valence-corrected chi connectivity index (χ4v) is 2.80. The molecule has 1 fully saturated rings. The molecule has 120 valence electrons. The van der Waals surface area contributed by atoms with Crippen LogP contribution in [0.3, 0.4) is 0 Å². The van der Waals surface area contributed by atoms with Gasteiger partial charge >= 0.3 is 0 Å².